The zero-order valence-corrected chi connectivity index (χ0v) is 21.8. The maximum absolute atomic E-state index is 13.8. The number of rotatable bonds is 9. The molecule has 2 heterocycles. The van der Waals surface area contributed by atoms with E-state index in [-0.39, 0.29) is 49.7 Å². The fourth-order valence-corrected chi connectivity index (χ4v) is 5.44. The SMILES string of the molecule is COC(=O)C[C@H](CCN1CCCC(F)(F)C1)NC(=O)c1cn(-c2ccccc2C(F)(F)F)c(C2CCCC2)n1. The Hall–Kier alpha value is -3.02. The molecule has 0 unspecified atom stereocenters. The van der Waals surface area contributed by atoms with Gasteiger partial charge in [-0.3, -0.25) is 14.5 Å². The fourth-order valence-electron chi connectivity index (χ4n) is 5.44. The van der Waals surface area contributed by atoms with Crippen molar-refractivity contribution < 1.29 is 36.3 Å². The van der Waals surface area contributed by atoms with Crippen molar-refractivity contribution in [1.29, 1.82) is 0 Å². The van der Waals surface area contributed by atoms with Crippen molar-refractivity contribution in [2.24, 2.45) is 0 Å². The van der Waals surface area contributed by atoms with Crippen LogP contribution in [0.4, 0.5) is 22.0 Å². The van der Waals surface area contributed by atoms with E-state index >= 15 is 0 Å². The van der Waals surface area contributed by atoms with E-state index in [1.54, 1.807) is 4.90 Å². The van der Waals surface area contributed by atoms with Crippen LogP contribution in [0.2, 0.25) is 0 Å². The number of nitrogens with zero attached hydrogens (tertiary/aromatic N) is 3. The van der Waals surface area contributed by atoms with Crippen molar-refractivity contribution in [2.75, 3.05) is 26.7 Å². The number of carbonyl (C=O) groups excluding carboxylic acids is 2. The molecule has 12 heteroatoms. The maximum atomic E-state index is 13.8. The molecule has 1 saturated heterocycles. The van der Waals surface area contributed by atoms with Crippen molar-refractivity contribution in [1.82, 2.24) is 19.8 Å². The lowest BCUT2D eigenvalue weighted by Crippen LogP contribution is -2.45. The minimum Gasteiger partial charge on any atom is -0.469 e. The summed E-state index contributed by atoms with van der Waals surface area (Å²) >= 11 is 0. The average molecular weight is 557 g/mol. The number of hydrogen-bond donors (Lipinski definition) is 1. The summed E-state index contributed by atoms with van der Waals surface area (Å²) in [5.74, 6) is -3.74. The molecule has 1 atom stereocenters. The molecular formula is C27H33F5N4O3. The van der Waals surface area contributed by atoms with Crippen LogP contribution in [0.15, 0.2) is 30.5 Å². The quantitative estimate of drug-likeness (QED) is 0.334. The highest BCUT2D eigenvalue weighted by molar-refractivity contribution is 5.92. The summed E-state index contributed by atoms with van der Waals surface area (Å²) in [4.78, 5) is 31.4. The number of alkyl halides is 5. The molecule has 214 valence electrons. The third-order valence-electron chi connectivity index (χ3n) is 7.40. The van der Waals surface area contributed by atoms with E-state index < -0.39 is 35.6 Å². The Morgan fingerprint density at radius 1 is 1.18 bits per heavy atom. The minimum absolute atomic E-state index is 0.0757. The van der Waals surface area contributed by atoms with Gasteiger partial charge in [-0.25, -0.2) is 13.8 Å². The molecule has 2 aromatic rings. The van der Waals surface area contributed by atoms with Crippen molar-refractivity contribution in [3.05, 3.63) is 47.5 Å². The van der Waals surface area contributed by atoms with Gasteiger partial charge in [-0.2, -0.15) is 13.2 Å². The van der Waals surface area contributed by atoms with Gasteiger partial charge in [-0.15, -0.1) is 0 Å². The Morgan fingerprint density at radius 2 is 1.90 bits per heavy atom. The Morgan fingerprint density at radius 3 is 2.56 bits per heavy atom. The van der Waals surface area contributed by atoms with E-state index in [1.165, 1.54) is 36.1 Å². The second-order valence-electron chi connectivity index (χ2n) is 10.3. The number of amides is 1. The van der Waals surface area contributed by atoms with Crippen molar-refractivity contribution in [3.63, 3.8) is 0 Å². The van der Waals surface area contributed by atoms with Gasteiger partial charge in [0.1, 0.15) is 11.5 Å². The molecule has 1 N–H and O–H groups in total. The number of methoxy groups -OCH3 is 1. The first-order valence-corrected chi connectivity index (χ1v) is 13.2. The summed E-state index contributed by atoms with van der Waals surface area (Å²) in [5, 5.41) is 2.73. The van der Waals surface area contributed by atoms with Gasteiger partial charge in [0.15, 0.2) is 0 Å². The van der Waals surface area contributed by atoms with Gasteiger partial charge in [0.05, 0.1) is 31.3 Å². The molecule has 0 spiro atoms. The number of carbonyl (C=O) groups is 2. The molecule has 0 bridgehead atoms. The van der Waals surface area contributed by atoms with Crippen molar-refractivity contribution in [3.8, 4) is 5.69 Å². The van der Waals surface area contributed by atoms with E-state index in [4.69, 9.17) is 4.74 Å². The van der Waals surface area contributed by atoms with E-state index in [0.717, 1.165) is 31.7 Å². The van der Waals surface area contributed by atoms with E-state index in [9.17, 15) is 31.5 Å². The highest BCUT2D eigenvalue weighted by atomic mass is 19.4. The van der Waals surface area contributed by atoms with Gasteiger partial charge in [0.25, 0.3) is 11.8 Å². The van der Waals surface area contributed by atoms with Crippen LogP contribution >= 0.6 is 0 Å². The van der Waals surface area contributed by atoms with Gasteiger partial charge in [-0.05, 0) is 44.4 Å². The summed E-state index contributed by atoms with van der Waals surface area (Å²) in [7, 11) is 1.21. The van der Waals surface area contributed by atoms with Crippen LogP contribution in [0.1, 0.15) is 79.2 Å². The molecule has 0 radical (unpaired) electrons. The molecule has 7 nitrogen and oxygen atoms in total. The third-order valence-corrected chi connectivity index (χ3v) is 7.40. The second kappa shape index (κ2) is 12.0. The van der Waals surface area contributed by atoms with Crippen molar-refractivity contribution >= 4 is 11.9 Å². The van der Waals surface area contributed by atoms with Gasteiger partial charge < -0.3 is 14.6 Å². The fraction of sp³-hybridized carbons (Fsp3) is 0.593. The van der Waals surface area contributed by atoms with E-state index in [1.807, 2.05) is 0 Å². The third kappa shape index (κ3) is 7.34. The summed E-state index contributed by atoms with van der Waals surface area (Å²) in [6.45, 7) is 0.333. The first kappa shape index (κ1) is 29.0. The smallest absolute Gasteiger partial charge is 0.418 e. The molecular weight excluding hydrogens is 523 g/mol. The molecule has 1 aromatic carbocycles. The molecule has 1 saturated carbocycles. The number of para-hydroxylation sites is 1. The topological polar surface area (TPSA) is 76.5 Å². The number of nitrogens with one attached hydrogen (secondary N) is 1. The Labute approximate surface area is 223 Å². The summed E-state index contributed by atoms with van der Waals surface area (Å²) in [6.07, 6.45) is 0.227. The molecule has 1 amide bonds. The van der Waals surface area contributed by atoms with Gasteiger partial charge >= 0.3 is 12.1 Å². The Bertz CT molecular complexity index is 1160. The lowest BCUT2D eigenvalue weighted by molar-refractivity contribution is -0.141. The molecule has 1 aliphatic heterocycles. The molecule has 2 fully saturated rings. The number of ether oxygens (including phenoxy) is 1. The summed E-state index contributed by atoms with van der Waals surface area (Å²) in [6, 6.07) is 4.41. The summed E-state index contributed by atoms with van der Waals surface area (Å²) < 4.78 is 75.2. The highest BCUT2D eigenvalue weighted by Gasteiger charge is 2.37. The Kier molecular flexibility index (Phi) is 8.93. The predicted molar refractivity (Wildman–Crippen MR) is 133 cm³/mol. The number of aromatic nitrogens is 2. The van der Waals surface area contributed by atoms with Gasteiger partial charge in [-0.1, -0.05) is 25.0 Å². The highest BCUT2D eigenvalue weighted by Crippen LogP contribution is 2.38. The van der Waals surface area contributed by atoms with Gasteiger partial charge in [0.2, 0.25) is 0 Å². The van der Waals surface area contributed by atoms with Crippen LogP contribution in [-0.2, 0) is 15.7 Å². The number of likely N-dealkylation sites (tertiary alicyclic amines) is 1. The van der Waals surface area contributed by atoms with Crippen LogP contribution in [0, 0.1) is 0 Å². The molecule has 1 aliphatic carbocycles. The van der Waals surface area contributed by atoms with Crippen LogP contribution in [0.5, 0.6) is 0 Å². The number of hydrogen-bond acceptors (Lipinski definition) is 5. The zero-order chi connectivity index (χ0) is 28.2. The first-order chi connectivity index (χ1) is 18.5. The number of piperidine rings is 1. The van der Waals surface area contributed by atoms with Crippen LogP contribution in [0.3, 0.4) is 0 Å². The maximum Gasteiger partial charge on any atom is 0.418 e. The zero-order valence-electron chi connectivity index (χ0n) is 21.8. The monoisotopic (exact) mass is 556 g/mol. The predicted octanol–water partition coefficient (Wildman–Crippen LogP) is 5.33. The first-order valence-electron chi connectivity index (χ1n) is 13.2. The average Bonchev–Trinajstić information content (AvgIpc) is 3.56. The van der Waals surface area contributed by atoms with E-state index in [2.05, 4.69) is 10.3 Å². The van der Waals surface area contributed by atoms with Crippen LogP contribution in [0.25, 0.3) is 5.69 Å². The van der Waals surface area contributed by atoms with Crippen molar-refractivity contribution in [2.45, 2.75) is 75.4 Å². The number of halogens is 5. The molecule has 4 rings (SSSR count). The standard InChI is InChI=1S/C27H33F5N4O3/c1-39-23(37)15-19(11-14-35-13-6-12-26(28,29)17-35)33-25(38)21-16-36(24(34-21)18-7-2-3-8-18)22-10-5-4-9-20(22)27(30,31)32/h4-5,9-10,16,18-19H,2-3,6-8,11-15,17H2,1H3,(H,33,38)/t19-/m0/s1. The molecule has 1 aromatic heterocycles. The van der Waals surface area contributed by atoms with Crippen LogP contribution < -0.4 is 5.32 Å². The Balaban J connectivity index is 1.58. The number of esters is 1. The summed E-state index contributed by atoms with van der Waals surface area (Å²) in [5.41, 5.74) is -1.03. The number of imidazole rings is 1. The normalized spacial score (nSPS) is 19.1. The minimum atomic E-state index is -4.60. The second-order valence-corrected chi connectivity index (χ2v) is 10.3. The number of benzene rings is 1. The lowest BCUT2D eigenvalue weighted by atomic mass is 10.1. The lowest BCUT2D eigenvalue weighted by Gasteiger charge is -2.33. The molecule has 2 aliphatic rings. The molecule has 39 heavy (non-hydrogen) atoms. The largest absolute Gasteiger partial charge is 0.469 e. The van der Waals surface area contributed by atoms with E-state index in [0.29, 0.717) is 18.8 Å². The van der Waals surface area contributed by atoms with Crippen LogP contribution in [-0.4, -0.2) is 65.0 Å². The van der Waals surface area contributed by atoms with Gasteiger partial charge in [0, 0.05) is 31.1 Å².